The Morgan fingerprint density at radius 2 is 1.00 bits per heavy atom. The molecule has 5 rings (SSSR count). The van der Waals surface area contributed by atoms with E-state index in [1.54, 1.807) is 0 Å². The van der Waals surface area contributed by atoms with Crippen molar-refractivity contribution in [3.05, 3.63) is 145 Å². The van der Waals surface area contributed by atoms with Crippen LogP contribution in [0, 0.1) is 0 Å². The van der Waals surface area contributed by atoms with Crippen molar-refractivity contribution in [2.45, 2.75) is 0 Å². The van der Waals surface area contributed by atoms with Crippen molar-refractivity contribution in [2.75, 3.05) is 4.90 Å². The van der Waals surface area contributed by atoms with Gasteiger partial charge in [0.1, 0.15) is 0 Å². The monoisotopic (exact) mass is 397 g/mol. The molecule has 0 fully saturated rings. The van der Waals surface area contributed by atoms with Crippen molar-refractivity contribution < 1.29 is 0 Å². The average Bonchev–Trinajstić information content (AvgIpc) is 2.86. The fraction of sp³-hybridized carbons (Fsp3) is 0. The molecule has 0 N–H and O–H groups in total. The maximum atomic E-state index is 2.33. The molecule has 0 saturated heterocycles. The van der Waals surface area contributed by atoms with Gasteiger partial charge in [-0.25, -0.2) is 0 Å². The van der Waals surface area contributed by atoms with Crippen LogP contribution in [0.1, 0.15) is 11.1 Å². The molecule has 0 aliphatic carbocycles. The van der Waals surface area contributed by atoms with E-state index in [1.807, 2.05) is 0 Å². The van der Waals surface area contributed by atoms with Gasteiger partial charge < -0.3 is 4.90 Å². The highest BCUT2D eigenvalue weighted by molar-refractivity contribution is 6.00. The van der Waals surface area contributed by atoms with E-state index in [0.29, 0.717) is 0 Å². The third-order valence-electron chi connectivity index (χ3n) is 5.45. The summed E-state index contributed by atoms with van der Waals surface area (Å²) in [5.41, 5.74) is 5.76. The van der Waals surface area contributed by atoms with Gasteiger partial charge >= 0.3 is 0 Å². The molecule has 148 valence electrons. The summed E-state index contributed by atoms with van der Waals surface area (Å²) in [6, 6.07) is 46.8. The quantitative estimate of drug-likeness (QED) is 0.270. The molecule has 31 heavy (non-hydrogen) atoms. The number of benzene rings is 5. The molecule has 1 nitrogen and oxygen atoms in total. The predicted octanol–water partition coefficient (Wildman–Crippen LogP) is 8.18. The first-order chi connectivity index (χ1) is 15.4. The van der Waals surface area contributed by atoms with E-state index in [2.05, 4.69) is 144 Å². The van der Waals surface area contributed by atoms with E-state index in [0.717, 1.165) is 17.1 Å². The smallest absolute Gasteiger partial charge is 0.0540 e. The summed E-state index contributed by atoms with van der Waals surface area (Å²) >= 11 is 0. The number of rotatable bonds is 5. The Balaban J connectivity index is 1.78. The Bertz CT molecular complexity index is 1260. The van der Waals surface area contributed by atoms with Gasteiger partial charge in [0.15, 0.2) is 0 Å². The van der Waals surface area contributed by atoms with Crippen LogP contribution in [0.3, 0.4) is 0 Å². The third-order valence-corrected chi connectivity index (χ3v) is 5.45. The molecule has 0 unspecified atom stereocenters. The molecule has 0 heterocycles. The summed E-state index contributed by atoms with van der Waals surface area (Å²) < 4.78 is 0. The van der Waals surface area contributed by atoms with Gasteiger partial charge in [-0.05, 0) is 52.2 Å². The fourth-order valence-corrected chi connectivity index (χ4v) is 3.99. The lowest BCUT2D eigenvalue weighted by Gasteiger charge is -2.28. The number of fused-ring (bicyclic) bond motifs is 1. The highest BCUT2D eigenvalue weighted by Gasteiger charge is 2.16. The van der Waals surface area contributed by atoms with E-state index >= 15 is 0 Å². The van der Waals surface area contributed by atoms with Gasteiger partial charge in [-0.15, -0.1) is 0 Å². The number of hydrogen-bond donors (Lipinski definition) is 0. The molecule has 0 radical (unpaired) electrons. The Morgan fingerprint density at radius 1 is 0.484 bits per heavy atom. The SMILES string of the molecule is C(=C(c1ccccc1)N(c1ccccc1)c1ccccc1)c1cccc2ccccc12. The zero-order valence-corrected chi connectivity index (χ0v) is 17.2. The molecule has 0 amide bonds. The zero-order valence-electron chi connectivity index (χ0n) is 17.2. The van der Waals surface area contributed by atoms with Crippen molar-refractivity contribution in [2.24, 2.45) is 0 Å². The summed E-state index contributed by atoms with van der Waals surface area (Å²) in [5.74, 6) is 0. The minimum absolute atomic E-state index is 1.13. The molecule has 0 aliphatic rings. The van der Waals surface area contributed by atoms with Crippen LogP contribution >= 0.6 is 0 Å². The maximum Gasteiger partial charge on any atom is 0.0540 e. The molecule has 5 aromatic rings. The van der Waals surface area contributed by atoms with Gasteiger partial charge in [-0.1, -0.05) is 109 Å². The molecule has 0 spiro atoms. The molecule has 1 heteroatoms. The van der Waals surface area contributed by atoms with Crippen molar-refractivity contribution in [1.29, 1.82) is 0 Å². The van der Waals surface area contributed by atoms with Crippen LogP contribution in [0.25, 0.3) is 22.5 Å². The van der Waals surface area contributed by atoms with Gasteiger partial charge in [-0.3, -0.25) is 0 Å². The Labute approximate surface area is 183 Å². The summed E-state index contributed by atoms with van der Waals surface area (Å²) in [7, 11) is 0. The van der Waals surface area contributed by atoms with Crippen LogP contribution in [0.5, 0.6) is 0 Å². The normalized spacial score (nSPS) is 11.4. The Morgan fingerprint density at radius 3 is 1.65 bits per heavy atom. The van der Waals surface area contributed by atoms with Crippen LogP contribution in [-0.4, -0.2) is 0 Å². The van der Waals surface area contributed by atoms with E-state index in [4.69, 9.17) is 0 Å². The van der Waals surface area contributed by atoms with Gasteiger partial charge in [0.2, 0.25) is 0 Å². The third kappa shape index (κ3) is 3.99. The topological polar surface area (TPSA) is 3.24 Å². The van der Waals surface area contributed by atoms with Crippen LogP contribution in [0.2, 0.25) is 0 Å². The molecular formula is C30H23N. The van der Waals surface area contributed by atoms with Crippen LogP contribution in [0.4, 0.5) is 11.4 Å². The second-order valence-electron chi connectivity index (χ2n) is 7.47. The van der Waals surface area contributed by atoms with Crippen LogP contribution in [-0.2, 0) is 0 Å². The Kier molecular flexibility index (Phi) is 5.32. The lowest BCUT2D eigenvalue weighted by molar-refractivity contribution is 1.30. The lowest BCUT2D eigenvalue weighted by Crippen LogP contribution is -2.15. The highest BCUT2D eigenvalue weighted by Crippen LogP contribution is 2.36. The van der Waals surface area contributed by atoms with E-state index < -0.39 is 0 Å². The second kappa shape index (κ2) is 8.73. The molecule has 0 bridgehead atoms. The first-order valence-electron chi connectivity index (χ1n) is 10.6. The van der Waals surface area contributed by atoms with Crippen molar-refractivity contribution in [1.82, 2.24) is 0 Å². The molecule has 0 aromatic heterocycles. The summed E-state index contributed by atoms with van der Waals surface area (Å²) in [6.07, 6.45) is 2.30. The van der Waals surface area contributed by atoms with E-state index in [9.17, 15) is 0 Å². The summed E-state index contributed by atoms with van der Waals surface area (Å²) in [4.78, 5) is 2.33. The number of para-hydroxylation sites is 2. The highest BCUT2D eigenvalue weighted by atomic mass is 15.1. The average molecular weight is 398 g/mol. The summed E-state index contributed by atoms with van der Waals surface area (Å²) in [5, 5.41) is 2.49. The number of nitrogens with zero attached hydrogens (tertiary/aromatic N) is 1. The van der Waals surface area contributed by atoms with Gasteiger partial charge in [0.25, 0.3) is 0 Å². The van der Waals surface area contributed by atoms with Crippen molar-refractivity contribution in [3.63, 3.8) is 0 Å². The Hall–Kier alpha value is -4.10. The molecule has 5 aromatic carbocycles. The molecule has 0 atom stereocenters. The fourth-order valence-electron chi connectivity index (χ4n) is 3.99. The largest absolute Gasteiger partial charge is 0.310 e. The lowest BCUT2D eigenvalue weighted by atomic mass is 10.0. The van der Waals surface area contributed by atoms with E-state index in [-0.39, 0.29) is 0 Å². The summed E-state index contributed by atoms with van der Waals surface area (Å²) in [6.45, 7) is 0. The molecule has 0 aliphatic heterocycles. The van der Waals surface area contributed by atoms with Crippen LogP contribution < -0.4 is 4.90 Å². The first kappa shape index (κ1) is 18.9. The van der Waals surface area contributed by atoms with E-state index in [1.165, 1.54) is 21.9 Å². The van der Waals surface area contributed by atoms with Gasteiger partial charge in [0, 0.05) is 11.4 Å². The number of anilines is 2. The minimum atomic E-state index is 1.13. The maximum absolute atomic E-state index is 2.33. The van der Waals surface area contributed by atoms with Crippen molar-refractivity contribution >= 4 is 33.9 Å². The van der Waals surface area contributed by atoms with Gasteiger partial charge in [-0.2, -0.15) is 0 Å². The molecular weight excluding hydrogens is 374 g/mol. The van der Waals surface area contributed by atoms with Crippen molar-refractivity contribution in [3.8, 4) is 0 Å². The van der Waals surface area contributed by atoms with Gasteiger partial charge in [0.05, 0.1) is 5.70 Å². The minimum Gasteiger partial charge on any atom is -0.310 e. The predicted molar refractivity (Wildman–Crippen MR) is 133 cm³/mol. The first-order valence-corrected chi connectivity index (χ1v) is 10.6. The number of hydrogen-bond acceptors (Lipinski definition) is 1. The van der Waals surface area contributed by atoms with Crippen LogP contribution in [0.15, 0.2) is 133 Å². The standard InChI is InChI=1S/C30H23N/c1-4-14-25(15-5-1)30(23-26-17-12-16-24-13-10-11-22-29(24)26)31(27-18-6-2-7-19-27)28-20-8-3-9-21-28/h1-23H. The molecule has 0 saturated carbocycles. The second-order valence-corrected chi connectivity index (χ2v) is 7.47. The zero-order chi connectivity index (χ0) is 20.9.